The quantitative estimate of drug-likeness (QED) is 0.871. The molecule has 3 fully saturated rings. The Labute approximate surface area is 167 Å². The van der Waals surface area contributed by atoms with Crippen LogP contribution in [-0.2, 0) is 0 Å². The smallest absolute Gasteiger partial charge is 0.317 e. The highest BCUT2D eigenvalue weighted by molar-refractivity contribution is 5.94. The molecule has 0 atom stereocenters. The molecule has 1 aliphatic carbocycles. The first-order chi connectivity index (χ1) is 13.7. The van der Waals surface area contributed by atoms with Crippen molar-refractivity contribution >= 4 is 17.6 Å². The van der Waals surface area contributed by atoms with E-state index in [0.29, 0.717) is 32.2 Å². The predicted octanol–water partition coefficient (Wildman–Crippen LogP) is 3.09. The van der Waals surface area contributed by atoms with Crippen LogP contribution in [0.1, 0.15) is 55.3 Å². The molecule has 0 bridgehead atoms. The molecular formula is C22H32N4O2. The number of nitrogens with one attached hydrogen (secondary N) is 1. The molecule has 0 spiro atoms. The highest BCUT2D eigenvalue weighted by Crippen LogP contribution is 2.21. The van der Waals surface area contributed by atoms with Crippen LogP contribution in [0.25, 0.3) is 0 Å². The molecule has 3 aliphatic rings. The minimum absolute atomic E-state index is 0.0361. The Hall–Kier alpha value is -2.24. The topological polar surface area (TPSA) is 55.9 Å². The number of hydrogen-bond donors (Lipinski definition) is 1. The summed E-state index contributed by atoms with van der Waals surface area (Å²) in [5.74, 6) is 0.0697. The fraction of sp³-hybridized carbons (Fsp3) is 0.636. The van der Waals surface area contributed by atoms with Gasteiger partial charge < -0.3 is 20.0 Å². The minimum atomic E-state index is 0.0361. The lowest BCUT2D eigenvalue weighted by Gasteiger charge is -2.36. The van der Waals surface area contributed by atoms with Crippen LogP contribution >= 0.6 is 0 Å². The van der Waals surface area contributed by atoms with E-state index in [-0.39, 0.29) is 11.9 Å². The van der Waals surface area contributed by atoms with E-state index in [4.69, 9.17) is 0 Å². The monoisotopic (exact) mass is 384 g/mol. The molecule has 2 saturated heterocycles. The molecule has 0 aromatic heterocycles. The number of anilines is 1. The number of hydrogen-bond acceptors (Lipinski definition) is 3. The zero-order valence-electron chi connectivity index (χ0n) is 16.7. The Balaban J connectivity index is 1.27. The van der Waals surface area contributed by atoms with Crippen LogP contribution in [0.5, 0.6) is 0 Å². The molecule has 4 rings (SSSR count). The van der Waals surface area contributed by atoms with Gasteiger partial charge in [0.1, 0.15) is 0 Å². The molecule has 1 saturated carbocycles. The van der Waals surface area contributed by atoms with Gasteiger partial charge in [-0.2, -0.15) is 0 Å². The number of urea groups is 1. The highest BCUT2D eigenvalue weighted by atomic mass is 16.2. The number of benzene rings is 1. The summed E-state index contributed by atoms with van der Waals surface area (Å²) in [5.41, 5.74) is 1.95. The summed E-state index contributed by atoms with van der Waals surface area (Å²) in [7, 11) is 0. The first kappa shape index (κ1) is 19.1. The van der Waals surface area contributed by atoms with Gasteiger partial charge in [0, 0.05) is 56.6 Å². The van der Waals surface area contributed by atoms with Gasteiger partial charge in [0.05, 0.1) is 0 Å². The first-order valence-corrected chi connectivity index (χ1v) is 10.9. The lowest BCUT2D eigenvalue weighted by atomic mass is 9.96. The van der Waals surface area contributed by atoms with Gasteiger partial charge in [-0.15, -0.1) is 0 Å². The maximum absolute atomic E-state index is 12.8. The molecule has 1 N–H and O–H groups in total. The van der Waals surface area contributed by atoms with Crippen molar-refractivity contribution in [1.82, 2.24) is 15.1 Å². The molecule has 2 heterocycles. The van der Waals surface area contributed by atoms with Gasteiger partial charge >= 0.3 is 6.03 Å². The van der Waals surface area contributed by atoms with Gasteiger partial charge in [-0.25, -0.2) is 4.79 Å². The molecule has 3 amide bonds. The van der Waals surface area contributed by atoms with Gasteiger partial charge in [-0.05, 0) is 49.9 Å². The van der Waals surface area contributed by atoms with Gasteiger partial charge in [-0.1, -0.05) is 19.3 Å². The summed E-state index contributed by atoms with van der Waals surface area (Å²) in [6.45, 7) is 4.64. The molecule has 28 heavy (non-hydrogen) atoms. The van der Waals surface area contributed by atoms with Crippen molar-refractivity contribution in [3.05, 3.63) is 29.8 Å². The van der Waals surface area contributed by atoms with E-state index in [0.717, 1.165) is 31.5 Å². The van der Waals surface area contributed by atoms with E-state index in [9.17, 15) is 9.59 Å². The third-order valence-corrected chi connectivity index (χ3v) is 6.37. The predicted molar refractivity (Wildman–Crippen MR) is 111 cm³/mol. The van der Waals surface area contributed by atoms with Crippen LogP contribution in [0.15, 0.2) is 24.3 Å². The van der Waals surface area contributed by atoms with Gasteiger partial charge in [-0.3, -0.25) is 4.79 Å². The summed E-state index contributed by atoms with van der Waals surface area (Å²) in [6.07, 6.45) is 8.40. The lowest BCUT2D eigenvalue weighted by Crippen LogP contribution is -2.54. The number of carbonyl (C=O) groups excluding carboxylic acids is 2. The number of nitrogens with zero attached hydrogens (tertiary/aromatic N) is 3. The minimum Gasteiger partial charge on any atom is -0.372 e. The van der Waals surface area contributed by atoms with Crippen LogP contribution in [0.2, 0.25) is 0 Å². The van der Waals surface area contributed by atoms with E-state index in [2.05, 4.69) is 22.3 Å². The number of carbonyl (C=O) groups is 2. The molecule has 152 valence electrons. The second-order valence-electron chi connectivity index (χ2n) is 8.30. The van der Waals surface area contributed by atoms with Crippen LogP contribution in [0.4, 0.5) is 10.5 Å². The zero-order valence-corrected chi connectivity index (χ0v) is 16.7. The maximum atomic E-state index is 12.8. The van der Waals surface area contributed by atoms with Crippen molar-refractivity contribution in [2.24, 2.45) is 0 Å². The van der Waals surface area contributed by atoms with Crippen LogP contribution < -0.4 is 10.2 Å². The average molecular weight is 385 g/mol. The molecule has 6 heteroatoms. The van der Waals surface area contributed by atoms with Crippen molar-refractivity contribution < 1.29 is 9.59 Å². The first-order valence-electron chi connectivity index (χ1n) is 10.9. The van der Waals surface area contributed by atoms with E-state index in [1.807, 2.05) is 21.9 Å². The summed E-state index contributed by atoms with van der Waals surface area (Å²) in [6, 6.07) is 8.37. The fourth-order valence-corrected chi connectivity index (χ4v) is 4.60. The number of rotatable bonds is 3. The summed E-state index contributed by atoms with van der Waals surface area (Å²) >= 11 is 0. The van der Waals surface area contributed by atoms with Crippen molar-refractivity contribution in [1.29, 1.82) is 0 Å². The highest BCUT2D eigenvalue weighted by Gasteiger charge is 2.26. The average Bonchev–Trinajstić information content (AvgIpc) is 3.29. The zero-order chi connectivity index (χ0) is 19.3. The molecule has 6 nitrogen and oxygen atoms in total. The Bertz CT molecular complexity index is 670. The van der Waals surface area contributed by atoms with Gasteiger partial charge in [0.2, 0.25) is 0 Å². The third kappa shape index (κ3) is 4.42. The van der Waals surface area contributed by atoms with Crippen molar-refractivity contribution in [3.8, 4) is 0 Å². The lowest BCUT2D eigenvalue weighted by molar-refractivity contribution is 0.0662. The molecular weight excluding hydrogens is 352 g/mol. The Morgan fingerprint density at radius 3 is 2.00 bits per heavy atom. The third-order valence-electron chi connectivity index (χ3n) is 6.37. The van der Waals surface area contributed by atoms with Crippen molar-refractivity contribution in [2.75, 3.05) is 44.2 Å². The summed E-state index contributed by atoms with van der Waals surface area (Å²) in [4.78, 5) is 31.4. The molecule has 1 aromatic rings. The maximum Gasteiger partial charge on any atom is 0.317 e. The second kappa shape index (κ2) is 8.84. The second-order valence-corrected chi connectivity index (χ2v) is 8.30. The van der Waals surface area contributed by atoms with E-state index in [1.165, 1.54) is 37.8 Å². The normalized spacial score (nSPS) is 21.1. The van der Waals surface area contributed by atoms with Gasteiger partial charge in [0.15, 0.2) is 0 Å². The van der Waals surface area contributed by atoms with Crippen molar-refractivity contribution in [3.63, 3.8) is 0 Å². The fourth-order valence-electron chi connectivity index (χ4n) is 4.60. The van der Waals surface area contributed by atoms with Crippen LogP contribution in [0.3, 0.4) is 0 Å². The molecule has 0 radical (unpaired) electrons. The van der Waals surface area contributed by atoms with Crippen LogP contribution in [0, 0.1) is 0 Å². The molecule has 0 unspecified atom stereocenters. The van der Waals surface area contributed by atoms with Crippen molar-refractivity contribution in [2.45, 2.75) is 51.0 Å². The largest absolute Gasteiger partial charge is 0.372 e. The Kier molecular flexibility index (Phi) is 6.03. The standard InChI is InChI=1S/C22H32N4O2/c27-21(18-8-10-20(11-9-18)24-12-4-5-13-24)25-14-16-26(17-15-25)22(28)23-19-6-2-1-3-7-19/h8-11,19H,1-7,12-17H2,(H,23,28). The van der Waals surface area contributed by atoms with E-state index < -0.39 is 0 Å². The SMILES string of the molecule is O=C(NC1CCCCC1)N1CCN(C(=O)c2ccc(N3CCCC3)cc2)CC1. The molecule has 2 aliphatic heterocycles. The van der Waals surface area contributed by atoms with E-state index in [1.54, 1.807) is 0 Å². The Morgan fingerprint density at radius 2 is 1.36 bits per heavy atom. The molecule has 1 aromatic carbocycles. The van der Waals surface area contributed by atoms with E-state index >= 15 is 0 Å². The van der Waals surface area contributed by atoms with Gasteiger partial charge in [0.25, 0.3) is 5.91 Å². The summed E-state index contributed by atoms with van der Waals surface area (Å²) < 4.78 is 0. The summed E-state index contributed by atoms with van der Waals surface area (Å²) in [5, 5.41) is 3.18. The van der Waals surface area contributed by atoms with Crippen LogP contribution in [-0.4, -0.2) is 67.0 Å². The Morgan fingerprint density at radius 1 is 0.750 bits per heavy atom. The number of amides is 3. The number of piperazine rings is 1.